The molecule has 0 bridgehead atoms. The molecule has 1 aliphatic rings. The van der Waals surface area contributed by atoms with Crippen molar-refractivity contribution >= 4 is 11.8 Å². The number of aromatic nitrogens is 1. The Morgan fingerprint density at radius 3 is 2.52 bits per heavy atom. The van der Waals surface area contributed by atoms with Gasteiger partial charge < -0.3 is 19.5 Å². The fourth-order valence-corrected chi connectivity index (χ4v) is 3.37. The first-order chi connectivity index (χ1) is 13.2. The van der Waals surface area contributed by atoms with Crippen molar-refractivity contribution in [3.05, 3.63) is 53.7 Å². The predicted molar refractivity (Wildman–Crippen MR) is 103 cm³/mol. The van der Waals surface area contributed by atoms with Crippen LogP contribution in [0.5, 0.6) is 5.75 Å². The molecule has 0 amide bonds. The summed E-state index contributed by atoms with van der Waals surface area (Å²) in [4.78, 5) is 16.1. The Morgan fingerprint density at radius 1 is 1.19 bits per heavy atom. The first-order valence-electron chi connectivity index (χ1n) is 9.26. The SMILES string of the molecule is CCOC(=O)c1ccc(NCC2(c3ccc(OC)cc3)CCOCC2)nc1. The number of ether oxygens (including phenoxy) is 3. The molecular weight excluding hydrogens is 344 g/mol. The molecule has 6 nitrogen and oxygen atoms in total. The van der Waals surface area contributed by atoms with Crippen molar-refractivity contribution in [1.29, 1.82) is 0 Å². The van der Waals surface area contributed by atoms with Crippen LogP contribution in [0.1, 0.15) is 35.7 Å². The van der Waals surface area contributed by atoms with Crippen LogP contribution in [0.2, 0.25) is 0 Å². The Labute approximate surface area is 159 Å². The third-order valence-corrected chi connectivity index (χ3v) is 5.03. The minimum absolute atomic E-state index is 0.0218. The fourth-order valence-electron chi connectivity index (χ4n) is 3.37. The zero-order valence-corrected chi connectivity index (χ0v) is 15.9. The topological polar surface area (TPSA) is 69.7 Å². The molecule has 1 aromatic heterocycles. The van der Waals surface area contributed by atoms with E-state index in [1.165, 1.54) is 5.56 Å². The third-order valence-electron chi connectivity index (χ3n) is 5.03. The number of methoxy groups -OCH3 is 1. The Bertz CT molecular complexity index is 738. The maximum atomic E-state index is 11.7. The number of hydrogen-bond donors (Lipinski definition) is 1. The summed E-state index contributed by atoms with van der Waals surface area (Å²) < 4.78 is 15.9. The minimum Gasteiger partial charge on any atom is -0.497 e. The molecule has 0 unspecified atom stereocenters. The highest BCUT2D eigenvalue weighted by Gasteiger charge is 2.34. The van der Waals surface area contributed by atoms with E-state index in [1.807, 2.05) is 18.2 Å². The quantitative estimate of drug-likeness (QED) is 0.753. The average Bonchev–Trinajstić information content (AvgIpc) is 2.73. The number of benzene rings is 1. The van der Waals surface area contributed by atoms with E-state index in [0.29, 0.717) is 12.2 Å². The predicted octanol–water partition coefficient (Wildman–Crippen LogP) is 3.43. The van der Waals surface area contributed by atoms with Gasteiger partial charge in [0.25, 0.3) is 0 Å². The van der Waals surface area contributed by atoms with Gasteiger partial charge in [0.2, 0.25) is 0 Å². The molecule has 0 atom stereocenters. The zero-order chi connectivity index (χ0) is 19.1. The molecule has 0 radical (unpaired) electrons. The van der Waals surface area contributed by atoms with E-state index in [-0.39, 0.29) is 11.4 Å². The van der Waals surface area contributed by atoms with Gasteiger partial charge in [0.05, 0.1) is 19.3 Å². The van der Waals surface area contributed by atoms with E-state index in [1.54, 1.807) is 26.3 Å². The van der Waals surface area contributed by atoms with Crippen LogP contribution in [0.15, 0.2) is 42.6 Å². The van der Waals surface area contributed by atoms with Crippen LogP contribution in [-0.4, -0.2) is 44.4 Å². The summed E-state index contributed by atoms with van der Waals surface area (Å²) in [6.45, 7) is 4.36. The summed E-state index contributed by atoms with van der Waals surface area (Å²) in [5.41, 5.74) is 1.70. The summed E-state index contributed by atoms with van der Waals surface area (Å²) in [7, 11) is 1.67. The van der Waals surface area contributed by atoms with Crippen molar-refractivity contribution in [2.75, 3.05) is 38.8 Å². The van der Waals surface area contributed by atoms with Crippen molar-refractivity contribution < 1.29 is 19.0 Å². The highest BCUT2D eigenvalue weighted by Crippen LogP contribution is 2.35. The van der Waals surface area contributed by atoms with Crippen LogP contribution in [0, 0.1) is 0 Å². The molecule has 1 aromatic carbocycles. The number of esters is 1. The number of carbonyl (C=O) groups is 1. The standard InChI is InChI=1S/C21H26N2O4/c1-3-27-20(24)16-4-9-19(22-14-16)23-15-21(10-12-26-13-11-21)17-5-7-18(25-2)8-6-17/h4-9,14H,3,10-13,15H2,1-2H3,(H,22,23). The zero-order valence-electron chi connectivity index (χ0n) is 15.9. The summed E-state index contributed by atoms with van der Waals surface area (Å²) in [5, 5.41) is 3.43. The van der Waals surface area contributed by atoms with Crippen molar-refractivity contribution in [2.45, 2.75) is 25.2 Å². The number of pyridine rings is 1. The van der Waals surface area contributed by atoms with Crippen LogP contribution in [0.3, 0.4) is 0 Å². The molecule has 0 spiro atoms. The second-order valence-corrected chi connectivity index (χ2v) is 6.63. The number of rotatable bonds is 7. The molecule has 1 fully saturated rings. The molecule has 6 heteroatoms. The van der Waals surface area contributed by atoms with Gasteiger partial charge in [0.15, 0.2) is 0 Å². The van der Waals surface area contributed by atoms with E-state index in [0.717, 1.165) is 44.2 Å². The molecular formula is C21H26N2O4. The molecule has 1 saturated heterocycles. The van der Waals surface area contributed by atoms with E-state index < -0.39 is 0 Å². The summed E-state index contributed by atoms with van der Waals surface area (Å²) in [6, 6.07) is 11.8. The molecule has 3 rings (SSSR count). The van der Waals surface area contributed by atoms with Crippen molar-refractivity contribution in [3.63, 3.8) is 0 Å². The summed E-state index contributed by atoms with van der Waals surface area (Å²) >= 11 is 0. The molecule has 27 heavy (non-hydrogen) atoms. The van der Waals surface area contributed by atoms with Crippen LogP contribution < -0.4 is 10.1 Å². The van der Waals surface area contributed by atoms with Crippen LogP contribution in [0.25, 0.3) is 0 Å². The highest BCUT2D eigenvalue weighted by molar-refractivity contribution is 5.89. The number of anilines is 1. The van der Waals surface area contributed by atoms with Crippen LogP contribution in [-0.2, 0) is 14.9 Å². The highest BCUT2D eigenvalue weighted by atomic mass is 16.5. The van der Waals surface area contributed by atoms with Gasteiger partial charge in [-0.1, -0.05) is 12.1 Å². The van der Waals surface area contributed by atoms with Gasteiger partial charge in [-0.25, -0.2) is 9.78 Å². The Balaban J connectivity index is 1.72. The van der Waals surface area contributed by atoms with Gasteiger partial charge >= 0.3 is 5.97 Å². The second kappa shape index (κ2) is 8.86. The fraction of sp³-hybridized carbons (Fsp3) is 0.429. The lowest BCUT2D eigenvalue weighted by Gasteiger charge is -2.38. The van der Waals surface area contributed by atoms with E-state index in [4.69, 9.17) is 14.2 Å². The van der Waals surface area contributed by atoms with Gasteiger partial charge in [-0.05, 0) is 49.6 Å². The molecule has 2 aromatic rings. The maximum absolute atomic E-state index is 11.7. The maximum Gasteiger partial charge on any atom is 0.339 e. The number of carbonyl (C=O) groups excluding carboxylic acids is 1. The van der Waals surface area contributed by atoms with Crippen molar-refractivity contribution in [1.82, 2.24) is 4.98 Å². The van der Waals surface area contributed by atoms with Crippen molar-refractivity contribution in [3.8, 4) is 5.75 Å². The molecule has 2 heterocycles. The lowest BCUT2D eigenvalue weighted by molar-refractivity contribution is 0.0524. The molecule has 0 saturated carbocycles. The van der Waals surface area contributed by atoms with E-state index in [2.05, 4.69) is 22.4 Å². The normalized spacial score (nSPS) is 15.8. The minimum atomic E-state index is -0.351. The number of hydrogen-bond acceptors (Lipinski definition) is 6. The lowest BCUT2D eigenvalue weighted by Crippen LogP contribution is -2.40. The van der Waals surface area contributed by atoms with Gasteiger partial charge in [-0.2, -0.15) is 0 Å². The molecule has 1 N–H and O–H groups in total. The smallest absolute Gasteiger partial charge is 0.339 e. The van der Waals surface area contributed by atoms with Gasteiger partial charge in [0.1, 0.15) is 11.6 Å². The summed E-state index contributed by atoms with van der Waals surface area (Å²) in [5.74, 6) is 1.24. The second-order valence-electron chi connectivity index (χ2n) is 6.63. The van der Waals surface area contributed by atoms with E-state index in [9.17, 15) is 4.79 Å². The van der Waals surface area contributed by atoms with Crippen LogP contribution in [0.4, 0.5) is 5.82 Å². The monoisotopic (exact) mass is 370 g/mol. The summed E-state index contributed by atoms with van der Waals surface area (Å²) in [6.07, 6.45) is 3.42. The Kier molecular flexibility index (Phi) is 6.29. The number of nitrogens with one attached hydrogen (secondary N) is 1. The van der Waals surface area contributed by atoms with Crippen molar-refractivity contribution in [2.24, 2.45) is 0 Å². The molecule has 144 valence electrons. The first-order valence-corrected chi connectivity index (χ1v) is 9.26. The van der Waals surface area contributed by atoms with Gasteiger partial charge in [-0.15, -0.1) is 0 Å². The van der Waals surface area contributed by atoms with E-state index >= 15 is 0 Å². The van der Waals surface area contributed by atoms with Crippen LogP contribution >= 0.6 is 0 Å². The average molecular weight is 370 g/mol. The van der Waals surface area contributed by atoms with Gasteiger partial charge in [-0.3, -0.25) is 0 Å². The largest absolute Gasteiger partial charge is 0.497 e. The Hall–Kier alpha value is -2.60. The Morgan fingerprint density at radius 2 is 1.93 bits per heavy atom. The molecule has 1 aliphatic heterocycles. The first kappa shape index (κ1) is 19.2. The third kappa shape index (κ3) is 4.57. The molecule has 0 aliphatic carbocycles. The lowest BCUT2D eigenvalue weighted by atomic mass is 9.74. The number of nitrogens with zero attached hydrogens (tertiary/aromatic N) is 1. The van der Waals surface area contributed by atoms with Gasteiger partial charge in [0, 0.05) is 31.4 Å².